The molecule has 1 N–H and O–H groups in total. The van der Waals surface area contributed by atoms with Gasteiger partial charge in [0, 0.05) is 37.0 Å². The summed E-state index contributed by atoms with van der Waals surface area (Å²) in [6, 6.07) is 12.7. The number of nitrogens with zero attached hydrogens (tertiary/aromatic N) is 6. The molecular weight excluding hydrogens is 434 g/mol. The number of rotatable bonds is 5. The fraction of sp³-hybridized carbons (Fsp3) is 0.333. The normalized spacial score (nSPS) is 14.5. The zero-order chi connectivity index (χ0) is 23.7. The standard InChI is InChI=1S/C24H25N7O3/c1-15-18-8-9-19(26-22(18)30(2)28-15)21-27-24(34-29-21)17-10-12-31(13-11-17)20(32)14-25-23(33)16-6-4-3-5-7-16/h3-9,17H,10-14H2,1-2H3,(H,25,33). The van der Waals surface area contributed by atoms with E-state index in [2.05, 4.69) is 25.5 Å². The predicted molar refractivity (Wildman–Crippen MR) is 124 cm³/mol. The van der Waals surface area contributed by atoms with E-state index in [1.807, 2.05) is 32.2 Å². The van der Waals surface area contributed by atoms with Gasteiger partial charge < -0.3 is 14.7 Å². The summed E-state index contributed by atoms with van der Waals surface area (Å²) < 4.78 is 7.29. The van der Waals surface area contributed by atoms with Gasteiger partial charge in [-0.1, -0.05) is 23.4 Å². The number of hydrogen-bond acceptors (Lipinski definition) is 7. The molecule has 0 saturated carbocycles. The van der Waals surface area contributed by atoms with Crippen LogP contribution in [-0.4, -0.2) is 61.3 Å². The second-order valence-electron chi connectivity index (χ2n) is 8.44. The van der Waals surface area contributed by atoms with Gasteiger partial charge in [-0.15, -0.1) is 0 Å². The first-order chi connectivity index (χ1) is 16.5. The molecule has 1 aliphatic rings. The second kappa shape index (κ2) is 9.05. The van der Waals surface area contributed by atoms with Gasteiger partial charge in [-0.2, -0.15) is 10.1 Å². The Morgan fingerprint density at radius 1 is 1.09 bits per heavy atom. The molecule has 0 bridgehead atoms. The highest BCUT2D eigenvalue weighted by Gasteiger charge is 2.28. The van der Waals surface area contributed by atoms with Gasteiger partial charge in [0.1, 0.15) is 5.69 Å². The van der Waals surface area contributed by atoms with E-state index in [4.69, 9.17) is 4.52 Å². The summed E-state index contributed by atoms with van der Waals surface area (Å²) in [5, 5.41) is 12.2. The minimum absolute atomic E-state index is 0.0231. The van der Waals surface area contributed by atoms with Crippen LogP contribution >= 0.6 is 0 Å². The molecule has 1 aliphatic heterocycles. The topological polar surface area (TPSA) is 119 Å². The number of nitrogens with one attached hydrogen (secondary N) is 1. The van der Waals surface area contributed by atoms with Crippen molar-refractivity contribution in [2.45, 2.75) is 25.7 Å². The zero-order valence-electron chi connectivity index (χ0n) is 19.1. The smallest absolute Gasteiger partial charge is 0.251 e. The van der Waals surface area contributed by atoms with Crippen molar-refractivity contribution in [1.82, 2.24) is 35.1 Å². The lowest BCUT2D eigenvalue weighted by Gasteiger charge is -2.30. The third kappa shape index (κ3) is 4.26. The summed E-state index contributed by atoms with van der Waals surface area (Å²) in [6.45, 7) is 3.07. The molecule has 1 fully saturated rings. The molecule has 0 aliphatic carbocycles. The molecule has 4 heterocycles. The van der Waals surface area contributed by atoms with Crippen LogP contribution < -0.4 is 5.32 Å². The lowest BCUT2D eigenvalue weighted by Crippen LogP contribution is -2.43. The lowest BCUT2D eigenvalue weighted by atomic mass is 9.96. The number of hydrogen-bond donors (Lipinski definition) is 1. The SMILES string of the molecule is Cc1nn(C)c2nc(-c3noc(C4CCN(C(=O)CNC(=O)c5ccccc5)CC4)n3)ccc12. The molecule has 5 rings (SSSR count). The van der Waals surface area contributed by atoms with Crippen LogP contribution in [0.3, 0.4) is 0 Å². The Morgan fingerprint density at radius 2 is 1.85 bits per heavy atom. The van der Waals surface area contributed by atoms with Crippen molar-refractivity contribution >= 4 is 22.8 Å². The average Bonchev–Trinajstić information content (AvgIpc) is 3.47. The van der Waals surface area contributed by atoms with E-state index in [1.54, 1.807) is 33.8 Å². The molecule has 10 nitrogen and oxygen atoms in total. The first-order valence-corrected chi connectivity index (χ1v) is 11.2. The Morgan fingerprint density at radius 3 is 2.62 bits per heavy atom. The first kappa shape index (κ1) is 21.7. The Balaban J connectivity index is 1.17. The number of carbonyl (C=O) groups is 2. The van der Waals surface area contributed by atoms with Crippen molar-refractivity contribution in [2.24, 2.45) is 7.05 Å². The van der Waals surface area contributed by atoms with E-state index in [0.717, 1.165) is 16.7 Å². The van der Waals surface area contributed by atoms with E-state index in [1.165, 1.54) is 0 Å². The van der Waals surface area contributed by atoms with Crippen LogP contribution in [0.4, 0.5) is 0 Å². The number of aromatic nitrogens is 5. The van der Waals surface area contributed by atoms with Crippen molar-refractivity contribution in [1.29, 1.82) is 0 Å². The van der Waals surface area contributed by atoms with Gasteiger partial charge in [-0.25, -0.2) is 4.98 Å². The molecule has 10 heteroatoms. The summed E-state index contributed by atoms with van der Waals surface area (Å²) in [6.07, 6.45) is 1.43. The van der Waals surface area contributed by atoms with Gasteiger partial charge >= 0.3 is 0 Å². The Kier molecular flexibility index (Phi) is 5.79. The average molecular weight is 460 g/mol. The van der Waals surface area contributed by atoms with Crippen molar-refractivity contribution in [3.05, 3.63) is 59.6 Å². The summed E-state index contributed by atoms with van der Waals surface area (Å²) >= 11 is 0. The summed E-state index contributed by atoms with van der Waals surface area (Å²) in [5.41, 5.74) is 2.86. The first-order valence-electron chi connectivity index (χ1n) is 11.2. The van der Waals surface area contributed by atoms with Crippen molar-refractivity contribution in [2.75, 3.05) is 19.6 Å². The third-order valence-electron chi connectivity index (χ3n) is 6.18. The molecule has 0 radical (unpaired) electrons. The van der Waals surface area contributed by atoms with Crippen LogP contribution in [0.5, 0.6) is 0 Å². The lowest BCUT2D eigenvalue weighted by molar-refractivity contribution is -0.131. The van der Waals surface area contributed by atoms with Crippen LogP contribution in [-0.2, 0) is 11.8 Å². The van der Waals surface area contributed by atoms with Crippen LogP contribution in [0, 0.1) is 6.92 Å². The molecule has 4 aromatic rings. The third-order valence-corrected chi connectivity index (χ3v) is 6.18. The predicted octanol–water partition coefficient (Wildman–Crippen LogP) is 2.46. The monoisotopic (exact) mass is 459 g/mol. The summed E-state index contributed by atoms with van der Waals surface area (Å²) in [7, 11) is 1.86. The largest absolute Gasteiger partial charge is 0.343 e. The van der Waals surface area contributed by atoms with Gasteiger partial charge in [0.15, 0.2) is 5.65 Å². The molecule has 34 heavy (non-hydrogen) atoms. The Bertz CT molecular complexity index is 1340. The molecular formula is C24H25N7O3. The minimum atomic E-state index is -0.254. The van der Waals surface area contributed by atoms with Gasteiger partial charge in [0.25, 0.3) is 5.91 Å². The van der Waals surface area contributed by atoms with Crippen molar-refractivity contribution in [3.8, 4) is 11.5 Å². The zero-order valence-corrected chi connectivity index (χ0v) is 19.1. The quantitative estimate of drug-likeness (QED) is 0.487. The number of amides is 2. The molecule has 1 aromatic carbocycles. The number of pyridine rings is 1. The molecule has 2 amide bonds. The van der Waals surface area contributed by atoms with Crippen molar-refractivity contribution < 1.29 is 14.1 Å². The van der Waals surface area contributed by atoms with Gasteiger partial charge in [0.05, 0.1) is 12.2 Å². The van der Waals surface area contributed by atoms with E-state index >= 15 is 0 Å². The highest BCUT2D eigenvalue weighted by Crippen LogP contribution is 2.29. The van der Waals surface area contributed by atoms with E-state index in [9.17, 15) is 9.59 Å². The number of piperidine rings is 1. The maximum Gasteiger partial charge on any atom is 0.251 e. The highest BCUT2D eigenvalue weighted by atomic mass is 16.5. The maximum absolute atomic E-state index is 12.5. The highest BCUT2D eigenvalue weighted by molar-refractivity contribution is 5.96. The Hall–Kier alpha value is -4.08. The summed E-state index contributed by atoms with van der Waals surface area (Å²) in [5.74, 6) is 0.723. The fourth-order valence-corrected chi connectivity index (χ4v) is 4.27. The number of likely N-dealkylation sites (tertiary alicyclic amines) is 1. The molecule has 0 spiro atoms. The molecule has 174 valence electrons. The maximum atomic E-state index is 12.5. The van der Waals surface area contributed by atoms with E-state index in [0.29, 0.717) is 48.9 Å². The van der Waals surface area contributed by atoms with Crippen LogP contribution in [0.15, 0.2) is 47.0 Å². The van der Waals surface area contributed by atoms with Crippen LogP contribution in [0.1, 0.15) is 40.7 Å². The Labute approximate surface area is 196 Å². The van der Waals surface area contributed by atoms with Crippen LogP contribution in [0.2, 0.25) is 0 Å². The number of fused-ring (bicyclic) bond motifs is 1. The van der Waals surface area contributed by atoms with Gasteiger partial charge in [-0.3, -0.25) is 14.3 Å². The second-order valence-corrected chi connectivity index (χ2v) is 8.44. The van der Waals surface area contributed by atoms with E-state index in [-0.39, 0.29) is 24.3 Å². The number of benzene rings is 1. The van der Waals surface area contributed by atoms with Gasteiger partial charge in [-0.05, 0) is 44.0 Å². The molecule has 0 atom stereocenters. The fourth-order valence-electron chi connectivity index (χ4n) is 4.27. The number of carbonyl (C=O) groups excluding carboxylic acids is 2. The summed E-state index contributed by atoms with van der Waals surface area (Å²) in [4.78, 5) is 35.7. The molecule has 3 aromatic heterocycles. The van der Waals surface area contributed by atoms with Crippen LogP contribution in [0.25, 0.3) is 22.6 Å². The number of aryl methyl sites for hydroxylation is 2. The minimum Gasteiger partial charge on any atom is -0.343 e. The molecule has 1 saturated heterocycles. The molecule has 0 unspecified atom stereocenters. The van der Waals surface area contributed by atoms with Gasteiger partial charge in [0.2, 0.25) is 17.6 Å². The van der Waals surface area contributed by atoms with Crippen molar-refractivity contribution in [3.63, 3.8) is 0 Å². The van der Waals surface area contributed by atoms with E-state index < -0.39 is 0 Å².